The molecule has 1 aromatic heterocycles. The summed E-state index contributed by atoms with van der Waals surface area (Å²) in [6.45, 7) is 0.710. The molecule has 0 unspecified atom stereocenters. The zero-order chi connectivity index (χ0) is 12.3. The molecule has 92 valence electrons. The highest BCUT2D eigenvalue weighted by molar-refractivity contribution is 8.00. The highest BCUT2D eigenvalue weighted by Gasteiger charge is 2.36. The van der Waals surface area contributed by atoms with Crippen molar-refractivity contribution in [1.29, 1.82) is 0 Å². The van der Waals surface area contributed by atoms with E-state index < -0.39 is 0 Å². The van der Waals surface area contributed by atoms with Crippen molar-refractivity contribution in [1.82, 2.24) is 10.3 Å². The van der Waals surface area contributed by atoms with Crippen LogP contribution < -0.4 is 11.1 Å². The fourth-order valence-corrected chi connectivity index (χ4v) is 2.88. The minimum atomic E-state index is -0.129. The number of carbonyl (C=O) groups excluding carboxylic acids is 1. The SMILES string of the molecule is CSC1(CNC(=O)c2cccnc2N)CCC1. The Bertz CT molecular complexity index is 412. The molecule has 1 aromatic rings. The fourth-order valence-electron chi connectivity index (χ4n) is 1.97. The quantitative estimate of drug-likeness (QED) is 0.854. The molecule has 0 saturated heterocycles. The molecule has 1 amide bonds. The third-order valence-electron chi connectivity index (χ3n) is 3.35. The number of nitrogens with one attached hydrogen (secondary N) is 1. The van der Waals surface area contributed by atoms with Gasteiger partial charge in [0.25, 0.3) is 5.91 Å². The molecule has 1 saturated carbocycles. The zero-order valence-corrected chi connectivity index (χ0v) is 10.7. The van der Waals surface area contributed by atoms with Crippen molar-refractivity contribution in [3.63, 3.8) is 0 Å². The lowest BCUT2D eigenvalue weighted by Crippen LogP contribution is -2.45. The van der Waals surface area contributed by atoms with Crippen LogP contribution in [0.4, 0.5) is 5.82 Å². The molecular formula is C12H17N3OS. The minimum absolute atomic E-state index is 0.129. The normalized spacial score (nSPS) is 17.2. The Morgan fingerprint density at radius 1 is 1.65 bits per heavy atom. The van der Waals surface area contributed by atoms with Gasteiger partial charge in [-0.3, -0.25) is 4.79 Å². The molecule has 5 heteroatoms. The van der Waals surface area contributed by atoms with Gasteiger partial charge in [0, 0.05) is 17.5 Å². The lowest BCUT2D eigenvalue weighted by molar-refractivity contribution is 0.0944. The molecule has 1 fully saturated rings. The lowest BCUT2D eigenvalue weighted by atomic mass is 9.84. The first-order chi connectivity index (χ1) is 8.17. The van der Waals surface area contributed by atoms with Crippen LogP contribution in [0.3, 0.4) is 0 Å². The van der Waals surface area contributed by atoms with Crippen molar-refractivity contribution in [3.8, 4) is 0 Å². The number of hydrogen-bond acceptors (Lipinski definition) is 4. The van der Waals surface area contributed by atoms with E-state index in [0.717, 1.165) is 0 Å². The van der Waals surface area contributed by atoms with E-state index >= 15 is 0 Å². The van der Waals surface area contributed by atoms with Crippen LogP contribution in [-0.2, 0) is 0 Å². The van der Waals surface area contributed by atoms with Gasteiger partial charge < -0.3 is 11.1 Å². The number of amides is 1. The average Bonchev–Trinajstić information content (AvgIpc) is 2.28. The van der Waals surface area contributed by atoms with Crippen LogP contribution in [0.5, 0.6) is 0 Å². The van der Waals surface area contributed by atoms with Gasteiger partial charge in [-0.2, -0.15) is 11.8 Å². The molecule has 3 N–H and O–H groups in total. The van der Waals surface area contributed by atoms with Crippen LogP contribution in [-0.4, -0.2) is 28.4 Å². The molecule has 0 aliphatic heterocycles. The van der Waals surface area contributed by atoms with Gasteiger partial charge >= 0.3 is 0 Å². The van der Waals surface area contributed by atoms with Gasteiger partial charge in [-0.1, -0.05) is 6.42 Å². The maximum atomic E-state index is 11.9. The largest absolute Gasteiger partial charge is 0.383 e. The predicted molar refractivity (Wildman–Crippen MR) is 71.1 cm³/mol. The Kier molecular flexibility index (Phi) is 3.57. The summed E-state index contributed by atoms with van der Waals surface area (Å²) in [5.74, 6) is 0.160. The number of pyridine rings is 1. The molecular weight excluding hydrogens is 234 g/mol. The first-order valence-electron chi connectivity index (χ1n) is 5.71. The highest BCUT2D eigenvalue weighted by Crippen LogP contribution is 2.42. The number of rotatable bonds is 4. The smallest absolute Gasteiger partial charge is 0.255 e. The van der Waals surface area contributed by atoms with Crippen LogP contribution in [0.1, 0.15) is 29.6 Å². The third kappa shape index (κ3) is 2.54. The summed E-state index contributed by atoms with van der Waals surface area (Å²) in [7, 11) is 0. The van der Waals surface area contributed by atoms with E-state index in [1.807, 2.05) is 11.8 Å². The number of nitrogens with two attached hydrogens (primary N) is 1. The summed E-state index contributed by atoms with van der Waals surface area (Å²) >= 11 is 1.84. The van der Waals surface area contributed by atoms with Crippen molar-refractivity contribution in [3.05, 3.63) is 23.9 Å². The molecule has 0 spiro atoms. The van der Waals surface area contributed by atoms with Gasteiger partial charge in [-0.25, -0.2) is 4.98 Å². The van der Waals surface area contributed by atoms with Gasteiger partial charge in [-0.05, 0) is 31.2 Å². The lowest BCUT2D eigenvalue weighted by Gasteiger charge is -2.40. The molecule has 0 atom stereocenters. The summed E-state index contributed by atoms with van der Waals surface area (Å²) < 4.78 is 0.243. The molecule has 0 bridgehead atoms. The average molecular weight is 251 g/mol. The third-order valence-corrected chi connectivity index (χ3v) is 4.77. The summed E-state index contributed by atoms with van der Waals surface area (Å²) in [5, 5.41) is 2.95. The van der Waals surface area contributed by atoms with E-state index in [4.69, 9.17) is 5.73 Å². The zero-order valence-electron chi connectivity index (χ0n) is 9.90. The first kappa shape index (κ1) is 12.2. The highest BCUT2D eigenvalue weighted by atomic mass is 32.2. The molecule has 0 aromatic carbocycles. The van der Waals surface area contributed by atoms with Gasteiger partial charge in [0.05, 0.1) is 5.56 Å². The fraction of sp³-hybridized carbons (Fsp3) is 0.500. The number of carbonyl (C=O) groups is 1. The van der Waals surface area contributed by atoms with Gasteiger partial charge in [0.1, 0.15) is 5.82 Å². The topological polar surface area (TPSA) is 68.0 Å². The molecule has 1 aliphatic carbocycles. The van der Waals surface area contributed by atoms with Crippen LogP contribution in [0.2, 0.25) is 0 Å². The van der Waals surface area contributed by atoms with E-state index in [2.05, 4.69) is 16.6 Å². The molecule has 1 heterocycles. The maximum Gasteiger partial charge on any atom is 0.255 e. The second kappa shape index (κ2) is 4.96. The number of hydrogen-bond donors (Lipinski definition) is 2. The predicted octanol–water partition coefficient (Wildman–Crippen LogP) is 1.68. The Morgan fingerprint density at radius 3 is 2.94 bits per heavy atom. The summed E-state index contributed by atoms with van der Waals surface area (Å²) in [6.07, 6.45) is 7.30. The number of aromatic nitrogens is 1. The van der Waals surface area contributed by atoms with Crippen LogP contribution in [0.25, 0.3) is 0 Å². The van der Waals surface area contributed by atoms with Crippen molar-refractivity contribution in [2.24, 2.45) is 0 Å². The second-order valence-electron chi connectivity index (χ2n) is 4.36. The minimum Gasteiger partial charge on any atom is -0.383 e. The van der Waals surface area contributed by atoms with Crippen LogP contribution in [0.15, 0.2) is 18.3 Å². The summed E-state index contributed by atoms with van der Waals surface area (Å²) in [4.78, 5) is 15.8. The molecule has 2 rings (SSSR count). The van der Waals surface area contributed by atoms with E-state index in [9.17, 15) is 4.79 Å². The Labute approximate surface area is 105 Å². The maximum absolute atomic E-state index is 11.9. The Balaban J connectivity index is 1.96. The number of nitrogen functional groups attached to an aromatic ring is 1. The van der Waals surface area contributed by atoms with Gasteiger partial charge in [-0.15, -0.1) is 0 Å². The van der Waals surface area contributed by atoms with Crippen molar-refractivity contribution in [2.75, 3.05) is 18.5 Å². The van der Waals surface area contributed by atoms with Crippen molar-refractivity contribution < 1.29 is 4.79 Å². The molecule has 4 nitrogen and oxygen atoms in total. The van der Waals surface area contributed by atoms with Gasteiger partial charge in [0.15, 0.2) is 0 Å². The van der Waals surface area contributed by atoms with E-state index in [1.165, 1.54) is 19.3 Å². The first-order valence-corrected chi connectivity index (χ1v) is 6.93. The molecule has 17 heavy (non-hydrogen) atoms. The van der Waals surface area contributed by atoms with Crippen LogP contribution >= 0.6 is 11.8 Å². The number of thioether (sulfide) groups is 1. The molecule has 1 aliphatic rings. The number of nitrogens with zero attached hydrogens (tertiary/aromatic N) is 1. The summed E-state index contributed by atoms with van der Waals surface area (Å²) in [5.41, 5.74) is 6.12. The Morgan fingerprint density at radius 2 is 2.41 bits per heavy atom. The van der Waals surface area contributed by atoms with Crippen LogP contribution in [0, 0.1) is 0 Å². The molecule has 0 radical (unpaired) electrons. The summed E-state index contributed by atoms with van der Waals surface area (Å²) in [6, 6.07) is 3.42. The van der Waals surface area contributed by atoms with E-state index in [1.54, 1.807) is 18.3 Å². The monoisotopic (exact) mass is 251 g/mol. The van der Waals surface area contributed by atoms with E-state index in [-0.39, 0.29) is 16.5 Å². The van der Waals surface area contributed by atoms with Crippen molar-refractivity contribution in [2.45, 2.75) is 24.0 Å². The standard InChI is InChI=1S/C12H17N3OS/c1-17-12(5-3-6-12)8-15-11(16)9-4-2-7-14-10(9)13/h2,4,7H,3,5-6,8H2,1H3,(H2,13,14)(H,15,16). The van der Waals surface area contributed by atoms with Crippen molar-refractivity contribution >= 4 is 23.5 Å². The van der Waals surface area contributed by atoms with E-state index in [0.29, 0.717) is 12.1 Å². The van der Waals surface area contributed by atoms with Gasteiger partial charge in [0.2, 0.25) is 0 Å². The second-order valence-corrected chi connectivity index (χ2v) is 5.63. The Hall–Kier alpha value is -1.23. The number of anilines is 1.